The van der Waals surface area contributed by atoms with Gasteiger partial charge >= 0.3 is 25.0 Å². The number of nitrogens with zero attached hydrogens (tertiary/aromatic N) is 2. The van der Waals surface area contributed by atoms with Crippen molar-refractivity contribution in [1.82, 2.24) is 9.88 Å². The Labute approximate surface area is 112 Å². The number of rotatable bonds is 1. The van der Waals surface area contributed by atoms with Gasteiger partial charge in [-0.1, -0.05) is 6.07 Å². The largest absolute Gasteiger partial charge is 1.00 e. The third-order valence-corrected chi connectivity index (χ3v) is 2.06. The van der Waals surface area contributed by atoms with E-state index in [1.54, 1.807) is 26.4 Å². The van der Waals surface area contributed by atoms with Gasteiger partial charge in [0.1, 0.15) is 0 Å². The van der Waals surface area contributed by atoms with Crippen LogP contribution in [0.4, 0.5) is 4.79 Å². The summed E-state index contributed by atoms with van der Waals surface area (Å²) in [6.45, 7) is 0. The van der Waals surface area contributed by atoms with E-state index in [0.29, 0.717) is 11.3 Å². The van der Waals surface area contributed by atoms with E-state index in [4.69, 9.17) is 4.74 Å². The zero-order valence-electron chi connectivity index (χ0n) is 10.1. The topological polar surface area (TPSA) is 42.4 Å². The van der Waals surface area contributed by atoms with Crippen molar-refractivity contribution >= 4 is 17.0 Å². The van der Waals surface area contributed by atoms with Crippen LogP contribution in [-0.2, 0) is 0 Å². The second-order valence-electron chi connectivity index (χ2n) is 3.53. The van der Waals surface area contributed by atoms with Gasteiger partial charge in [-0.15, -0.1) is 23.6 Å². The van der Waals surface area contributed by atoms with E-state index in [1.165, 1.54) is 4.90 Å². The predicted molar refractivity (Wildman–Crippen MR) is 60.3 cm³/mol. The quantitative estimate of drug-likeness (QED) is 0.464. The number of fused-ring (bicyclic) bond motifs is 1. The Bertz CT molecular complexity index is 529. The molecule has 0 aliphatic heterocycles. The van der Waals surface area contributed by atoms with Crippen LogP contribution in [0.5, 0.6) is 5.75 Å². The van der Waals surface area contributed by atoms with E-state index < -0.39 is 6.09 Å². The molecule has 0 aliphatic carbocycles. The van der Waals surface area contributed by atoms with Gasteiger partial charge in [-0.3, -0.25) is 4.98 Å². The van der Waals surface area contributed by atoms with Gasteiger partial charge in [-0.25, -0.2) is 4.79 Å². The molecule has 2 rings (SSSR count). The molecule has 2 aromatic rings. The maximum Gasteiger partial charge on any atom is 1.00 e. The number of amides is 1. The summed E-state index contributed by atoms with van der Waals surface area (Å²) in [4.78, 5) is 16.8. The van der Waals surface area contributed by atoms with Crippen LogP contribution in [0.15, 0.2) is 30.5 Å². The molecule has 0 unspecified atom stereocenters. The minimum atomic E-state index is -0.425. The van der Waals surface area contributed by atoms with Gasteiger partial charge in [0.2, 0.25) is 0 Å². The Morgan fingerprint density at radius 3 is 2.82 bits per heavy atom. The van der Waals surface area contributed by atoms with Gasteiger partial charge in [-0.05, 0) is 5.52 Å². The first-order chi connectivity index (χ1) is 7.66. The van der Waals surface area contributed by atoms with Crippen LogP contribution in [0, 0.1) is 6.07 Å². The molecule has 1 heterocycles. The summed E-state index contributed by atoms with van der Waals surface area (Å²) in [6.07, 6.45) is 1.25. The summed E-state index contributed by atoms with van der Waals surface area (Å²) in [5.74, 6) is 0.380. The van der Waals surface area contributed by atoms with E-state index in [2.05, 4.69) is 11.1 Å². The van der Waals surface area contributed by atoms with Crippen molar-refractivity contribution < 1.29 is 28.4 Å². The fourth-order valence-electron chi connectivity index (χ4n) is 1.23. The number of carbonyl (C=O) groups excluding carboxylic acids is 1. The molecule has 5 heteroatoms. The first kappa shape index (κ1) is 13.6. The Balaban J connectivity index is 0.00000144. The molecule has 0 radical (unpaired) electrons. The van der Waals surface area contributed by atoms with E-state index in [0.717, 1.165) is 5.39 Å². The second-order valence-corrected chi connectivity index (χ2v) is 3.53. The van der Waals surface area contributed by atoms with E-state index in [9.17, 15) is 4.79 Å². The third kappa shape index (κ3) is 3.22. The van der Waals surface area contributed by atoms with Crippen molar-refractivity contribution in [2.45, 2.75) is 0 Å². The van der Waals surface area contributed by atoms with Crippen LogP contribution in [0.1, 0.15) is 0 Å². The first-order valence-electron chi connectivity index (χ1n) is 4.83. The molecule has 1 aromatic heterocycles. The smallest absolute Gasteiger partial charge is 0.437 e. The van der Waals surface area contributed by atoms with Crippen LogP contribution in [0.3, 0.4) is 0 Å². The SMILES string of the molecule is CN(C)C(=O)Oc1[c-]c2ncccc2cc1.[Li+]. The fourth-order valence-corrected chi connectivity index (χ4v) is 1.23. The zero-order valence-corrected chi connectivity index (χ0v) is 10.1. The molecule has 0 N–H and O–H groups in total. The molecule has 82 valence electrons. The number of hydrogen-bond donors (Lipinski definition) is 0. The van der Waals surface area contributed by atoms with Gasteiger partial charge in [0, 0.05) is 26.0 Å². The Morgan fingerprint density at radius 1 is 1.35 bits per heavy atom. The monoisotopic (exact) mass is 222 g/mol. The number of pyridine rings is 1. The standard InChI is InChI=1S/C12H11N2O2.Li/c1-14(2)12(15)16-10-6-5-9-4-3-7-13-11(9)8-10;/h3-7H,1-2H3;/q-1;+1. The Morgan fingerprint density at radius 2 is 2.12 bits per heavy atom. The molecule has 1 aromatic carbocycles. The minimum absolute atomic E-state index is 0. The molecule has 0 aliphatic rings. The van der Waals surface area contributed by atoms with Crippen LogP contribution in [0.25, 0.3) is 10.9 Å². The van der Waals surface area contributed by atoms with Gasteiger partial charge in [0.15, 0.2) is 0 Å². The average molecular weight is 222 g/mol. The van der Waals surface area contributed by atoms with Crippen LogP contribution >= 0.6 is 0 Å². The van der Waals surface area contributed by atoms with Crippen molar-refractivity contribution in [1.29, 1.82) is 0 Å². The first-order valence-corrected chi connectivity index (χ1v) is 4.83. The summed E-state index contributed by atoms with van der Waals surface area (Å²) in [5.41, 5.74) is 0.687. The summed E-state index contributed by atoms with van der Waals surface area (Å²) >= 11 is 0. The fraction of sp³-hybridized carbons (Fsp3) is 0.167. The number of carbonyl (C=O) groups is 1. The Hall–Kier alpha value is -1.50. The number of benzene rings is 1. The van der Waals surface area contributed by atoms with E-state index in [-0.39, 0.29) is 18.9 Å². The van der Waals surface area contributed by atoms with Gasteiger partial charge in [0.25, 0.3) is 0 Å². The summed E-state index contributed by atoms with van der Waals surface area (Å²) in [7, 11) is 3.25. The number of hydrogen-bond acceptors (Lipinski definition) is 3. The normalized spacial score (nSPS) is 9.53. The molecule has 0 bridgehead atoms. The summed E-state index contributed by atoms with van der Waals surface area (Å²) in [5, 5.41) is 0.965. The van der Waals surface area contributed by atoms with Gasteiger partial charge < -0.3 is 9.64 Å². The maximum atomic E-state index is 11.3. The minimum Gasteiger partial charge on any atom is -0.437 e. The van der Waals surface area contributed by atoms with Crippen molar-refractivity contribution in [2.24, 2.45) is 0 Å². The van der Waals surface area contributed by atoms with Gasteiger partial charge in [0.05, 0.1) is 0 Å². The maximum absolute atomic E-state index is 11.3. The number of ether oxygens (including phenoxy) is 1. The average Bonchev–Trinajstić information content (AvgIpc) is 2.28. The van der Waals surface area contributed by atoms with E-state index >= 15 is 0 Å². The van der Waals surface area contributed by atoms with Crippen molar-refractivity contribution in [3.63, 3.8) is 0 Å². The summed E-state index contributed by atoms with van der Waals surface area (Å²) in [6, 6.07) is 10.3. The van der Waals surface area contributed by atoms with E-state index in [1.807, 2.05) is 18.2 Å². The Kier molecular flexibility index (Phi) is 4.56. The molecule has 0 saturated carbocycles. The summed E-state index contributed by atoms with van der Waals surface area (Å²) < 4.78 is 5.08. The molecular weight excluding hydrogens is 211 g/mol. The second kappa shape index (κ2) is 5.72. The molecule has 0 fully saturated rings. The molecule has 17 heavy (non-hydrogen) atoms. The zero-order chi connectivity index (χ0) is 11.5. The van der Waals surface area contributed by atoms with Crippen LogP contribution < -0.4 is 23.6 Å². The molecule has 4 nitrogen and oxygen atoms in total. The molecular formula is C12H11LiN2O2. The third-order valence-electron chi connectivity index (χ3n) is 2.06. The van der Waals surface area contributed by atoms with Crippen molar-refractivity contribution in [3.05, 3.63) is 36.5 Å². The van der Waals surface area contributed by atoms with Gasteiger partial charge in [-0.2, -0.15) is 6.07 Å². The van der Waals surface area contributed by atoms with Crippen molar-refractivity contribution in [2.75, 3.05) is 14.1 Å². The van der Waals surface area contributed by atoms with Crippen molar-refractivity contribution in [3.8, 4) is 5.75 Å². The molecule has 1 amide bonds. The molecule has 0 atom stereocenters. The van der Waals surface area contributed by atoms with Crippen LogP contribution in [0.2, 0.25) is 0 Å². The van der Waals surface area contributed by atoms with Crippen LogP contribution in [-0.4, -0.2) is 30.1 Å². The molecule has 0 saturated heterocycles. The molecule has 0 spiro atoms. The predicted octanol–water partition coefficient (Wildman–Crippen LogP) is -0.901. The number of aromatic nitrogens is 1.